The molecule has 6 heteroatoms. The minimum Gasteiger partial charge on any atom is -0.351 e. The second-order valence-corrected chi connectivity index (χ2v) is 9.87. The monoisotopic (exact) mass is 535 g/mol. The van der Waals surface area contributed by atoms with Crippen LogP contribution < -0.4 is 5.32 Å². The van der Waals surface area contributed by atoms with Crippen molar-refractivity contribution in [2.75, 3.05) is 27.2 Å². The molecule has 0 aliphatic carbocycles. The normalized spacial score (nSPS) is 11.1. The first kappa shape index (κ1) is 24.3. The number of nitrogens with one attached hydrogen (secondary N) is 1. The van der Waals surface area contributed by atoms with Crippen molar-refractivity contribution < 1.29 is 4.79 Å². The van der Waals surface area contributed by atoms with Crippen LogP contribution in [0.25, 0.3) is 28.2 Å². The van der Waals surface area contributed by atoms with Crippen LogP contribution in [-0.4, -0.2) is 42.6 Å². The number of halogens is 2. The van der Waals surface area contributed by atoms with Gasteiger partial charge in [-0.05, 0) is 92.3 Å². The van der Waals surface area contributed by atoms with E-state index < -0.39 is 0 Å². The lowest BCUT2D eigenvalue weighted by atomic mass is 10.1. The molecule has 0 aliphatic heterocycles. The first-order valence-corrected chi connectivity index (χ1v) is 12.3. The van der Waals surface area contributed by atoms with Gasteiger partial charge in [0.1, 0.15) is 0 Å². The number of aryl methyl sites for hydroxylation is 1. The molecule has 34 heavy (non-hydrogen) atoms. The Morgan fingerprint density at radius 1 is 0.941 bits per heavy atom. The maximum atomic E-state index is 12.8. The van der Waals surface area contributed by atoms with E-state index in [0.717, 1.165) is 44.8 Å². The van der Waals surface area contributed by atoms with Crippen molar-refractivity contribution in [1.82, 2.24) is 14.8 Å². The Kier molecular flexibility index (Phi) is 7.57. The number of likely N-dealkylation sites (N-methyl/N-ethyl adjacent to an activating group) is 1. The molecule has 0 aliphatic rings. The van der Waals surface area contributed by atoms with Gasteiger partial charge in [-0.25, -0.2) is 0 Å². The highest BCUT2D eigenvalue weighted by Crippen LogP contribution is 2.35. The summed E-state index contributed by atoms with van der Waals surface area (Å²) < 4.78 is 3.27. The lowest BCUT2D eigenvalue weighted by Crippen LogP contribution is -2.31. The predicted octanol–water partition coefficient (Wildman–Crippen LogP) is 6.83. The number of hydrogen-bond acceptors (Lipinski definition) is 2. The van der Waals surface area contributed by atoms with Crippen LogP contribution in [0.3, 0.4) is 0 Å². The Morgan fingerprint density at radius 2 is 1.65 bits per heavy atom. The lowest BCUT2D eigenvalue weighted by Gasteiger charge is -2.17. The van der Waals surface area contributed by atoms with E-state index in [-0.39, 0.29) is 5.91 Å². The van der Waals surface area contributed by atoms with Crippen molar-refractivity contribution in [3.05, 3.63) is 99.5 Å². The lowest BCUT2D eigenvalue weighted by molar-refractivity contribution is 0.0951. The summed E-state index contributed by atoms with van der Waals surface area (Å²) in [4.78, 5) is 14.8. The number of nitrogens with zero attached hydrogens (tertiary/aromatic N) is 2. The van der Waals surface area contributed by atoms with Gasteiger partial charge in [0.2, 0.25) is 0 Å². The molecule has 3 aromatic carbocycles. The molecule has 1 heterocycles. The van der Waals surface area contributed by atoms with Crippen LogP contribution in [0.2, 0.25) is 5.02 Å². The Hall–Kier alpha value is -2.86. The molecule has 0 atom stereocenters. The van der Waals surface area contributed by atoms with E-state index in [4.69, 9.17) is 11.6 Å². The molecular weight excluding hydrogens is 510 g/mol. The summed E-state index contributed by atoms with van der Waals surface area (Å²) in [7, 11) is 3.98. The molecule has 0 unspecified atom stereocenters. The maximum absolute atomic E-state index is 12.8. The Morgan fingerprint density at radius 3 is 2.32 bits per heavy atom. The van der Waals surface area contributed by atoms with E-state index in [0.29, 0.717) is 17.1 Å². The zero-order chi connectivity index (χ0) is 24.2. The van der Waals surface area contributed by atoms with Gasteiger partial charge in [0.25, 0.3) is 5.91 Å². The van der Waals surface area contributed by atoms with Gasteiger partial charge in [0.05, 0.1) is 11.4 Å². The Balaban J connectivity index is 1.80. The van der Waals surface area contributed by atoms with Gasteiger partial charge in [0.15, 0.2) is 0 Å². The summed E-state index contributed by atoms with van der Waals surface area (Å²) in [6, 6.07) is 26.2. The number of carbonyl (C=O) groups excluding carboxylic acids is 1. The summed E-state index contributed by atoms with van der Waals surface area (Å²) >= 11 is 9.79. The van der Waals surface area contributed by atoms with Crippen LogP contribution in [0.1, 0.15) is 15.9 Å². The minimum atomic E-state index is -0.0717. The second kappa shape index (κ2) is 10.6. The van der Waals surface area contributed by atoms with E-state index in [2.05, 4.69) is 57.0 Å². The SMILES string of the molecule is Cc1cc(Cl)ccc1-n1c(-c2ccc(Br)cc2)ccc1-c1cccc(C(=O)NCCN(C)C)c1. The van der Waals surface area contributed by atoms with E-state index >= 15 is 0 Å². The van der Waals surface area contributed by atoms with Crippen LogP contribution in [-0.2, 0) is 0 Å². The quantitative estimate of drug-likeness (QED) is 0.281. The van der Waals surface area contributed by atoms with Crippen molar-refractivity contribution >= 4 is 33.4 Å². The van der Waals surface area contributed by atoms with Crippen molar-refractivity contribution in [3.63, 3.8) is 0 Å². The van der Waals surface area contributed by atoms with E-state index in [1.54, 1.807) is 0 Å². The fraction of sp³-hybridized carbons (Fsp3) is 0.179. The van der Waals surface area contributed by atoms with Gasteiger partial charge < -0.3 is 14.8 Å². The molecule has 1 N–H and O–H groups in total. The average molecular weight is 537 g/mol. The molecule has 4 nitrogen and oxygen atoms in total. The van der Waals surface area contributed by atoms with E-state index in [1.807, 2.05) is 73.6 Å². The third-order valence-corrected chi connectivity index (χ3v) is 6.45. The summed E-state index contributed by atoms with van der Waals surface area (Å²) in [6.07, 6.45) is 0. The smallest absolute Gasteiger partial charge is 0.251 e. The third-order valence-electron chi connectivity index (χ3n) is 5.69. The first-order valence-electron chi connectivity index (χ1n) is 11.1. The van der Waals surface area contributed by atoms with Crippen LogP contribution >= 0.6 is 27.5 Å². The standard InChI is InChI=1S/C28H27BrClN3O/c1-19-17-24(30)11-12-25(19)33-26(20-7-9-23(29)10-8-20)13-14-27(33)21-5-4-6-22(18-21)28(34)31-15-16-32(2)3/h4-14,17-18H,15-16H2,1-3H3,(H,31,34). The van der Waals surface area contributed by atoms with Crippen LogP contribution in [0.15, 0.2) is 83.3 Å². The average Bonchev–Trinajstić information content (AvgIpc) is 3.24. The molecule has 0 spiro atoms. The predicted molar refractivity (Wildman–Crippen MR) is 145 cm³/mol. The van der Waals surface area contributed by atoms with Crippen molar-refractivity contribution in [2.45, 2.75) is 6.92 Å². The molecular formula is C28H27BrClN3O. The van der Waals surface area contributed by atoms with E-state index in [9.17, 15) is 4.79 Å². The number of aromatic nitrogens is 1. The summed E-state index contributed by atoms with van der Waals surface area (Å²) in [5, 5.41) is 3.71. The number of carbonyl (C=O) groups is 1. The zero-order valence-electron chi connectivity index (χ0n) is 19.5. The van der Waals surface area contributed by atoms with E-state index in [1.165, 1.54) is 0 Å². The first-order chi connectivity index (χ1) is 16.3. The molecule has 1 aromatic heterocycles. The second-order valence-electron chi connectivity index (χ2n) is 8.52. The van der Waals surface area contributed by atoms with Gasteiger partial charge in [-0.1, -0.05) is 51.8 Å². The van der Waals surface area contributed by atoms with Crippen LogP contribution in [0.5, 0.6) is 0 Å². The highest BCUT2D eigenvalue weighted by molar-refractivity contribution is 9.10. The topological polar surface area (TPSA) is 37.3 Å². The highest BCUT2D eigenvalue weighted by atomic mass is 79.9. The Bertz CT molecular complexity index is 1310. The largest absolute Gasteiger partial charge is 0.351 e. The molecule has 0 saturated carbocycles. The molecule has 0 bridgehead atoms. The summed E-state index contributed by atoms with van der Waals surface area (Å²) in [5.41, 5.74) is 6.89. The highest BCUT2D eigenvalue weighted by Gasteiger charge is 2.17. The van der Waals surface area contributed by atoms with Crippen molar-refractivity contribution in [3.8, 4) is 28.2 Å². The van der Waals surface area contributed by atoms with Crippen LogP contribution in [0, 0.1) is 6.92 Å². The molecule has 0 saturated heterocycles. The fourth-order valence-corrected chi connectivity index (χ4v) is 4.44. The number of amides is 1. The summed E-state index contributed by atoms with van der Waals surface area (Å²) in [5.74, 6) is -0.0717. The zero-order valence-corrected chi connectivity index (χ0v) is 21.8. The van der Waals surface area contributed by atoms with Gasteiger partial charge in [0, 0.05) is 33.8 Å². The molecule has 4 aromatic rings. The van der Waals surface area contributed by atoms with Crippen LogP contribution in [0.4, 0.5) is 0 Å². The molecule has 1 amide bonds. The molecule has 0 fully saturated rings. The van der Waals surface area contributed by atoms with Gasteiger partial charge in [-0.2, -0.15) is 0 Å². The maximum Gasteiger partial charge on any atom is 0.251 e. The molecule has 0 radical (unpaired) electrons. The van der Waals surface area contributed by atoms with Gasteiger partial charge in [-0.15, -0.1) is 0 Å². The van der Waals surface area contributed by atoms with Gasteiger partial charge >= 0.3 is 0 Å². The number of rotatable bonds is 7. The fourth-order valence-electron chi connectivity index (χ4n) is 3.95. The van der Waals surface area contributed by atoms with Gasteiger partial charge in [-0.3, -0.25) is 4.79 Å². The minimum absolute atomic E-state index is 0.0717. The molecule has 4 rings (SSSR count). The third kappa shape index (κ3) is 5.44. The molecule has 174 valence electrons. The summed E-state index contributed by atoms with van der Waals surface area (Å²) in [6.45, 7) is 3.45. The van der Waals surface area contributed by atoms with Crippen molar-refractivity contribution in [1.29, 1.82) is 0 Å². The van der Waals surface area contributed by atoms with Crippen molar-refractivity contribution in [2.24, 2.45) is 0 Å². The number of hydrogen-bond donors (Lipinski definition) is 1. The Labute approximate surface area is 214 Å². The number of benzene rings is 3.